The minimum Gasteiger partial charge on any atom is -0.481 e. The Balaban J connectivity index is 1.66. The molecule has 7 heteroatoms. The molecule has 2 aromatic rings. The summed E-state index contributed by atoms with van der Waals surface area (Å²) >= 11 is 3.18. The molecule has 0 spiro atoms. The van der Waals surface area contributed by atoms with E-state index in [1.807, 2.05) is 0 Å². The third-order valence-electron chi connectivity index (χ3n) is 3.40. The maximum atomic E-state index is 13.6. The van der Waals surface area contributed by atoms with Gasteiger partial charge in [0.15, 0.2) is 24.0 Å². The monoisotopic (exact) mass is 341 g/mol. The zero-order chi connectivity index (χ0) is 14.2. The SMILES string of the molecule is NC1(c2noc(COc3ccc(Br)cc3F)n2)CCC1. The highest BCUT2D eigenvalue weighted by Crippen LogP contribution is 2.36. The lowest BCUT2D eigenvalue weighted by Crippen LogP contribution is -2.44. The molecule has 1 aromatic carbocycles. The van der Waals surface area contributed by atoms with E-state index in [-0.39, 0.29) is 12.4 Å². The average Bonchev–Trinajstić information content (AvgIpc) is 2.84. The minimum atomic E-state index is -0.468. The number of hydrogen-bond donors (Lipinski definition) is 1. The van der Waals surface area contributed by atoms with Crippen molar-refractivity contribution in [1.82, 2.24) is 10.1 Å². The van der Waals surface area contributed by atoms with E-state index in [4.69, 9.17) is 15.0 Å². The molecule has 5 nitrogen and oxygen atoms in total. The van der Waals surface area contributed by atoms with Gasteiger partial charge in [0.05, 0.1) is 5.54 Å². The van der Waals surface area contributed by atoms with Gasteiger partial charge in [-0.15, -0.1) is 0 Å². The van der Waals surface area contributed by atoms with Crippen LogP contribution in [0, 0.1) is 5.82 Å². The molecule has 0 amide bonds. The Hall–Kier alpha value is -1.47. The van der Waals surface area contributed by atoms with Crippen LogP contribution in [0.5, 0.6) is 5.75 Å². The number of hydrogen-bond acceptors (Lipinski definition) is 5. The molecular formula is C13H13BrFN3O2. The van der Waals surface area contributed by atoms with Gasteiger partial charge in [0.25, 0.3) is 5.89 Å². The Labute approximate surface area is 123 Å². The van der Waals surface area contributed by atoms with E-state index in [1.165, 1.54) is 12.1 Å². The Kier molecular flexibility index (Phi) is 3.47. The molecular weight excluding hydrogens is 329 g/mol. The average molecular weight is 342 g/mol. The molecule has 1 saturated carbocycles. The lowest BCUT2D eigenvalue weighted by atomic mass is 9.77. The molecule has 3 rings (SSSR count). The van der Waals surface area contributed by atoms with Crippen molar-refractivity contribution in [2.45, 2.75) is 31.4 Å². The molecule has 0 bridgehead atoms. The molecule has 1 fully saturated rings. The quantitative estimate of drug-likeness (QED) is 0.925. The van der Waals surface area contributed by atoms with Crippen LogP contribution >= 0.6 is 15.9 Å². The largest absolute Gasteiger partial charge is 0.481 e. The van der Waals surface area contributed by atoms with E-state index in [0.717, 1.165) is 19.3 Å². The Morgan fingerprint density at radius 2 is 2.25 bits per heavy atom. The van der Waals surface area contributed by atoms with Crippen LogP contribution in [-0.2, 0) is 12.1 Å². The number of halogens is 2. The van der Waals surface area contributed by atoms with Gasteiger partial charge in [-0.05, 0) is 37.5 Å². The number of aromatic nitrogens is 2. The van der Waals surface area contributed by atoms with Gasteiger partial charge in [-0.25, -0.2) is 4.39 Å². The van der Waals surface area contributed by atoms with Crippen LogP contribution in [0.15, 0.2) is 27.2 Å². The molecule has 1 aliphatic rings. The van der Waals surface area contributed by atoms with Crippen LogP contribution in [0.3, 0.4) is 0 Å². The van der Waals surface area contributed by atoms with Crippen molar-refractivity contribution in [2.75, 3.05) is 0 Å². The third-order valence-corrected chi connectivity index (χ3v) is 3.90. The van der Waals surface area contributed by atoms with Crippen molar-refractivity contribution < 1.29 is 13.7 Å². The first kappa shape index (κ1) is 13.5. The molecule has 1 heterocycles. The van der Waals surface area contributed by atoms with Crippen molar-refractivity contribution in [3.63, 3.8) is 0 Å². The van der Waals surface area contributed by atoms with Gasteiger partial charge in [-0.2, -0.15) is 4.98 Å². The summed E-state index contributed by atoms with van der Waals surface area (Å²) in [7, 11) is 0. The van der Waals surface area contributed by atoms with E-state index in [9.17, 15) is 4.39 Å². The second-order valence-electron chi connectivity index (χ2n) is 4.88. The molecule has 2 N–H and O–H groups in total. The highest BCUT2D eigenvalue weighted by molar-refractivity contribution is 9.10. The van der Waals surface area contributed by atoms with Crippen LogP contribution in [0.2, 0.25) is 0 Å². The third kappa shape index (κ3) is 2.55. The van der Waals surface area contributed by atoms with E-state index < -0.39 is 11.4 Å². The van der Waals surface area contributed by atoms with Crippen LogP contribution in [-0.4, -0.2) is 10.1 Å². The predicted octanol–water partition coefficient (Wildman–Crippen LogP) is 2.89. The first-order chi connectivity index (χ1) is 9.57. The molecule has 20 heavy (non-hydrogen) atoms. The normalized spacial score (nSPS) is 16.8. The highest BCUT2D eigenvalue weighted by Gasteiger charge is 2.38. The summed E-state index contributed by atoms with van der Waals surface area (Å²) in [6.07, 6.45) is 2.78. The maximum Gasteiger partial charge on any atom is 0.264 e. The number of nitrogens with two attached hydrogens (primary N) is 1. The van der Waals surface area contributed by atoms with Crippen LogP contribution in [0.1, 0.15) is 31.0 Å². The van der Waals surface area contributed by atoms with Crippen molar-refractivity contribution in [3.05, 3.63) is 40.2 Å². The van der Waals surface area contributed by atoms with Gasteiger partial charge in [0.1, 0.15) is 0 Å². The van der Waals surface area contributed by atoms with Crippen LogP contribution < -0.4 is 10.5 Å². The Bertz CT molecular complexity index is 628. The number of ether oxygens (including phenoxy) is 1. The van der Waals surface area contributed by atoms with Crippen molar-refractivity contribution in [3.8, 4) is 5.75 Å². The number of rotatable bonds is 4. The summed E-state index contributed by atoms with van der Waals surface area (Å²) < 4.78 is 24.6. The van der Waals surface area contributed by atoms with E-state index in [0.29, 0.717) is 16.2 Å². The lowest BCUT2D eigenvalue weighted by Gasteiger charge is -2.34. The van der Waals surface area contributed by atoms with Crippen molar-refractivity contribution in [2.24, 2.45) is 5.73 Å². The summed E-state index contributed by atoms with van der Waals surface area (Å²) in [5.74, 6) is 0.477. The highest BCUT2D eigenvalue weighted by atomic mass is 79.9. The first-order valence-electron chi connectivity index (χ1n) is 6.27. The minimum absolute atomic E-state index is 0.0155. The fourth-order valence-electron chi connectivity index (χ4n) is 2.03. The predicted molar refractivity (Wildman–Crippen MR) is 72.4 cm³/mol. The molecule has 0 radical (unpaired) electrons. The molecule has 0 aliphatic heterocycles. The standard InChI is InChI=1S/C13H13BrFN3O2/c14-8-2-3-10(9(15)6-8)19-7-11-17-12(18-20-11)13(16)4-1-5-13/h2-3,6H,1,4-5,7,16H2. The summed E-state index contributed by atoms with van der Waals surface area (Å²) in [6, 6.07) is 4.56. The van der Waals surface area contributed by atoms with E-state index >= 15 is 0 Å². The van der Waals surface area contributed by atoms with Crippen molar-refractivity contribution in [1.29, 1.82) is 0 Å². The maximum absolute atomic E-state index is 13.6. The second-order valence-corrected chi connectivity index (χ2v) is 5.80. The number of nitrogens with zero attached hydrogens (tertiary/aromatic N) is 2. The molecule has 0 unspecified atom stereocenters. The zero-order valence-electron chi connectivity index (χ0n) is 10.6. The Morgan fingerprint density at radius 3 is 2.90 bits per heavy atom. The van der Waals surface area contributed by atoms with Gasteiger partial charge < -0.3 is 15.0 Å². The van der Waals surface area contributed by atoms with E-state index in [1.54, 1.807) is 6.07 Å². The molecule has 0 atom stereocenters. The lowest BCUT2D eigenvalue weighted by molar-refractivity contribution is 0.220. The number of benzene rings is 1. The molecule has 106 valence electrons. The van der Waals surface area contributed by atoms with E-state index in [2.05, 4.69) is 26.1 Å². The fraction of sp³-hybridized carbons (Fsp3) is 0.385. The topological polar surface area (TPSA) is 74.2 Å². The van der Waals surface area contributed by atoms with Gasteiger partial charge in [-0.1, -0.05) is 21.1 Å². The van der Waals surface area contributed by atoms with Gasteiger partial charge in [0.2, 0.25) is 0 Å². The zero-order valence-corrected chi connectivity index (χ0v) is 12.2. The smallest absolute Gasteiger partial charge is 0.264 e. The summed E-state index contributed by atoms with van der Waals surface area (Å²) in [4.78, 5) is 4.21. The van der Waals surface area contributed by atoms with Crippen molar-refractivity contribution >= 4 is 15.9 Å². The summed E-state index contributed by atoms with van der Waals surface area (Å²) in [5.41, 5.74) is 5.63. The van der Waals surface area contributed by atoms with Gasteiger partial charge >= 0.3 is 0 Å². The first-order valence-corrected chi connectivity index (χ1v) is 7.06. The van der Waals surface area contributed by atoms with Gasteiger partial charge in [0, 0.05) is 4.47 Å². The van der Waals surface area contributed by atoms with Gasteiger partial charge in [-0.3, -0.25) is 0 Å². The summed E-state index contributed by atoms with van der Waals surface area (Å²) in [6.45, 7) is 0.0155. The Morgan fingerprint density at radius 1 is 1.45 bits per heavy atom. The fourth-order valence-corrected chi connectivity index (χ4v) is 2.36. The van der Waals surface area contributed by atoms with Crippen LogP contribution in [0.25, 0.3) is 0 Å². The molecule has 0 saturated heterocycles. The molecule has 1 aliphatic carbocycles. The molecule has 1 aromatic heterocycles. The summed E-state index contributed by atoms with van der Waals surface area (Å²) in [5, 5.41) is 3.87. The second kappa shape index (κ2) is 5.14. The van der Waals surface area contributed by atoms with Crippen LogP contribution in [0.4, 0.5) is 4.39 Å².